The zero-order valence-corrected chi connectivity index (χ0v) is 12.6. The molecule has 19 heavy (non-hydrogen) atoms. The first-order valence-corrected chi connectivity index (χ1v) is 7.54. The van der Waals surface area contributed by atoms with E-state index in [0.717, 1.165) is 19.3 Å². The van der Waals surface area contributed by atoms with Gasteiger partial charge in [-0.1, -0.05) is 12.8 Å². The number of nitrogens with one attached hydrogen (secondary N) is 1. The summed E-state index contributed by atoms with van der Waals surface area (Å²) < 4.78 is 5.44. The largest absolute Gasteiger partial charge is 0.444 e. The lowest BCUT2D eigenvalue weighted by Gasteiger charge is -2.39. The van der Waals surface area contributed by atoms with Crippen molar-refractivity contribution in [3.8, 4) is 0 Å². The van der Waals surface area contributed by atoms with Gasteiger partial charge >= 0.3 is 6.09 Å². The fraction of sp³-hybridized carbons (Fsp3) is 0.933. The van der Waals surface area contributed by atoms with Crippen molar-refractivity contribution in [3.63, 3.8) is 0 Å². The molecule has 0 spiro atoms. The van der Waals surface area contributed by atoms with E-state index in [-0.39, 0.29) is 17.0 Å². The molecule has 2 saturated carbocycles. The van der Waals surface area contributed by atoms with E-state index >= 15 is 0 Å². The molecule has 0 aromatic rings. The molecule has 0 aromatic heterocycles. The number of carbonyl (C=O) groups is 1. The SMILES string of the molecule is CC(C)(C)OC(=O)NC1(C2(CCN)CC2)CCCC1. The minimum absolute atomic E-state index is 0.0608. The van der Waals surface area contributed by atoms with Gasteiger partial charge in [-0.15, -0.1) is 0 Å². The van der Waals surface area contributed by atoms with Crippen molar-refractivity contribution < 1.29 is 9.53 Å². The van der Waals surface area contributed by atoms with Gasteiger partial charge in [0.15, 0.2) is 0 Å². The quantitative estimate of drug-likeness (QED) is 0.824. The number of ether oxygens (including phenoxy) is 1. The van der Waals surface area contributed by atoms with Gasteiger partial charge in [-0.3, -0.25) is 0 Å². The molecule has 0 saturated heterocycles. The number of amides is 1. The van der Waals surface area contributed by atoms with Gasteiger partial charge in [0.2, 0.25) is 0 Å². The summed E-state index contributed by atoms with van der Waals surface area (Å²) in [7, 11) is 0. The van der Waals surface area contributed by atoms with Crippen molar-refractivity contribution >= 4 is 6.09 Å². The first-order valence-electron chi connectivity index (χ1n) is 7.54. The summed E-state index contributed by atoms with van der Waals surface area (Å²) in [5.41, 5.74) is 5.52. The molecule has 0 bridgehead atoms. The molecule has 0 aliphatic heterocycles. The average Bonchev–Trinajstić information content (AvgIpc) is 2.89. The van der Waals surface area contributed by atoms with E-state index in [9.17, 15) is 4.79 Å². The van der Waals surface area contributed by atoms with Crippen LogP contribution in [0, 0.1) is 5.41 Å². The summed E-state index contributed by atoms with van der Waals surface area (Å²) in [5, 5.41) is 3.22. The van der Waals surface area contributed by atoms with E-state index < -0.39 is 5.60 Å². The Morgan fingerprint density at radius 1 is 1.21 bits per heavy atom. The molecule has 2 fully saturated rings. The van der Waals surface area contributed by atoms with Crippen molar-refractivity contribution in [1.29, 1.82) is 0 Å². The second-order valence-corrected chi connectivity index (χ2v) is 7.24. The second kappa shape index (κ2) is 4.97. The van der Waals surface area contributed by atoms with Gasteiger partial charge < -0.3 is 15.8 Å². The first kappa shape index (κ1) is 14.6. The van der Waals surface area contributed by atoms with E-state index in [2.05, 4.69) is 5.32 Å². The smallest absolute Gasteiger partial charge is 0.408 e. The van der Waals surface area contributed by atoms with Crippen LogP contribution in [0.25, 0.3) is 0 Å². The van der Waals surface area contributed by atoms with Gasteiger partial charge in [-0.25, -0.2) is 4.79 Å². The third kappa shape index (κ3) is 3.04. The van der Waals surface area contributed by atoms with Crippen LogP contribution in [0.4, 0.5) is 4.79 Å². The third-order valence-corrected chi connectivity index (χ3v) is 4.69. The van der Waals surface area contributed by atoms with Crippen LogP contribution in [0.3, 0.4) is 0 Å². The zero-order valence-electron chi connectivity index (χ0n) is 12.6. The Morgan fingerprint density at radius 2 is 1.79 bits per heavy atom. The molecule has 0 radical (unpaired) electrons. The molecule has 2 rings (SSSR count). The zero-order chi connectivity index (χ0) is 14.1. The van der Waals surface area contributed by atoms with Gasteiger partial charge in [0.05, 0.1) is 0 Å². The fourth-order valence-corrected chi connectivity index (χ4v) is 3.66. The monoisotopic (exact) mass is 268 g/mol. The van der Waals surface area contributed by atoms with Crippen molar-refractivity contribution in [2.24, 2.45) is 11.1 Å². The molecule has 4 heteroatoms. The molecule has 0 atom stereocenters. The van der Waals surface area contributed by atoms with Crippen molar-refractivity contribution in [1.82, 2.24) is 5.32 Å². The molecular formula is C15H28N2O2. The van der Waals surface area contributed by atoms with Crippen LogP contribution in [0.2, 0.25) is 0 Å². The first-order chi connectivity index (χ1) is 8.83. The Bertz CT molecular complexity index is 337. The van der Waals surface area contributed by atoms with Gasteiger partial charge in [-0.2, -0.15) is 0 Å². The Hall–Kier alpha value is -0.770. The van der Waals surface area contributed by atoms with Crippen LogP contribution in [0.15, 0.2) is 0 Å². The molecule has 0 aromatic carbocycles. The minimum Gasteiger partial charge on any atom is -0.444 e. The molecule has 110 valence electrons. The number of nitrogens with two attached hydrogens (primary N) is 1. The summed E-state index contributed by atoms with van der Waals surface area (Å²) in [6, 6.07) is 0. The third-order valence-electron chi connectivity index (χ3n) is 4.69. The molecule has 0 heterocycles. The highest BCUT2D eigenvalue weighted by atomic mass is 16.6. The number of hydrogen-bond donors (Lipinski definition) is 2. The summed E-state index contributed by atoms with van der Waals surface area (Å²) in [6.45, 7) is 6.42. The molecule has 4 nitrogen and oxygen atoms in total. The summed E-state index contributed by atoms with van der Waals surface area (Å²) in [6.07, 6.45) is 7.68. The summed E-state index contributed by atoms with van der Waals surface area (Å²) >= 11 is 0. The average molecular weight is 268 g/mol. The summed E-state index contributed by atoms with van der Waals surface area (Å²) in [4.78, 5) is 12.1. The molecule has 1 amide bonds. The lowest BCUT2D eigenvalue weighted by molar-refractivity contribution is 0.0384. The summed E-state index contributed by atoms with van der Waals surface area (Å²) in [5.74, 6) is 0. The number of alkyl carbamates (subject to hydrolysis) is 1. The Kier molecular flexibility index (Phi) is 3.83. The van der Waals surface area contributed by atoms with Crippen molar-refractivity contribution in [2.75, 3.05) is 6.54 Å². The van der Waals surface area contributed by atoms with Crippen LogP contribution < -0.4 is 11.1 Å². The molecule has 3 N–H and O–H groups in total. The predicted octanol–water partition coefficient (Wildman–Crippen LogP) is 2.95. The van der Waals surface area contributed by atoms with Crippen LogP contribution >= 0.6 is 0 Å². The molecular weight excluding hydrogens is 240 g/mol. The number of carbonyl (C=O) groups excluding carboxylic acids is 1. The van der Waals surface area contributed by atoms with Gasteiger partial charge in [0.1, 0.15) is 5.60 Å². The maximum absolute atomic E-state index is 12.1. The van der Waals surface area contributed by atoms with Gasteiger partial charge in [0.25, 0.3) is 0 Å². The maximum Gasteiger partial charge on any atom is 0.408 e. The van der Waals surface area contributed by atoms with Crippen LogP contribution in [-0.4, -0.2) is 23.8 Å². The molecule has 0 unspecified atom stereocenters. The normalized spacial score (nSPS) is 24.0. The number of rotatable bonds is 4. The van der Waals surface area contributed by atoms with Crippen LogP contribution in [0.5, 0.6) is 0 Å². The highest BCUT2D eigenvalue weighted by Gasteiger charge is 2.60. The molecule has 2 aliphatic rings. The number of hydrogen-bond acceptors (Lipinski definition) is 3. The Balaban J connectivity index is 2.06. The van der Waals surface area contributed by atoms with E-state index in [1.165, 1.54) is 25.7 Å². The van der Waals surface area contributed by atoms with Crippen molar-refractivity contribution in [3.05, 3.63) is 0 Å². The molecule has 2 aliphatic carbocycles. The minimum atomic E-state index is -0.436. The topological polar surface area (TPSA) is 64.3 Å². The standard InChI is InChI=1S/C15H28N2O2/c1-13(2,3)19-12(18)17-15(6-4-5-7-15)14(8-9-14)10-11-16/h4-11,16H2,1-3H3,(H,17,18). The van der Waals surface area contributed by atoms with Crippen LogP contribution in [0.1, 0.15) is 65.7 Å². The van der Waals surface area contributed by atoms with E-state index in [0.29, 0.717) is 6.54 Å². The second-order valence-electron chi connectivity index (χ2n) is 7.24. The highest BCUT2D eigenvalue weighted by molar-refractivity contribution is 5.69. The Labute approximate surface area is 116 Å². The van der Waals surface area contributed by atoms with Crippen molar-refractivity contribution in [2.45, 2.75) is 76.9 Å². The predicted molar refractivity (Wildman–Crippen MR) is 75.9 cm³/mol. The van der Waals surface area contributed by atoms with Crippen LogP contribution in [-0.2, 0) is 4.74 Å². The highest BCUT2D eigenvalue weighted by Crippen LogP contribution is 2.61. The van der Waals surface area contributed by atoms with E-state index in [4.69, 9.17) is 10.5 Å². The Morgan fingerprint density at radius 3 is 2.21 bits per heavy atom. The van der Waals surface area contributed by atoms with Gasteiger partial charge in [-0.05, 0) is 64.8 Å². The van der Waals surface area contributed by atoms with Gasteiger partial charge in [0, 0.05) is 5.54 Å². The van der Waals surface area contributed by atoms with E-state index in [1.54, 1.807) is 0 Å². The lowest BCUT2D eigenvalue weighted by Crippen LogP contribution is -2.54. The fourth-order valence-electron chi connectivity index (χ4n) is 3.66. The van der Waals surface area contributed by atoms with E-state index in [1.807, 2.05) is 20.8 Å². The maximum atomic E-state index is 12.1. The lowest BCUT2D eigenvalue weighted by atomic mass is 9.77.